The highest BCUT2D eigenvalue weighted by atomic mass is 15.1. The van der Waals surface area contributed by atoms with Crippen molar-refractivity contribution in [1.82, 2.24) is 5.32 Å². The van der Waals surface area contributed by atoms with Gasteiger partial charge in [0, 0.05) is 25.3 Å². The van der Waals surface area contributed by atoms with Gasteiger partial charge in [0.25, 0.3) is 0 Å². The van der Waals surface area contributed by atoms with Crippen LogP contribution in [0.5, 0.6) is 0 Å². The van der Waals surface area contributed by atoms with Crippen molar-refractivity contribution in [1.29, 1.82) is 0 Å². The topological polar surface area (TPSA) is 15.3 Å². The fourth-order valence-corrected chi connectivity index (χ4v) is 3.39. The van der Waals surface area contributed by atoms with Gasteiger partial charge >= 0.3 is 0 Å². The Balaban J connectivity index is 1.97. The largest absolute Gasteiger partial charge is 0.371 e. The Hall–Kier alpha value is -1.02. The number of nitrogens with one attached hydrogen (secondary N) is 1. The molecule has 0 atom stereocenters. The molecule has 0 amide bonds. The third-order valence-electron chi connectivity index (χ3n) is 4.65. The van der Waals surface area contributed by atoms with Gasteiger partial charge in [-0.1, -0.05) is 45.2 Å². The van der Waals surface area contributed by atoms with Crippen LogP contribution in [0, 0.1) is 12.8 Å². The molecular formula is C19H32N2. The van der Waals surface area contributed by atoms with Crippen molar-refractivity contribution >= 4 is 5.69 Å². The van der Waals surface area contributed by atoms with Crippen LogP contribution in [0.4, 0.5) is 5.69 Å². The maximum absolute atomic E-state index is 3.53. The summed E-state index contributed by atoms with van der Waals surface area (Å²) in [5, 5.41) is 3.53. The van der Waals surface area contributed by atoms with Crippen LogP contribution in [0.1, 0.15) is 57.1 Å². The van der Waals surface area contributed by atoms with Crippen molar-refractivity contribution in [3.8, 4) is 0 Å². The Labute approximate surface area is 130 Å². The summed E-state index contributed by atoms with van der Waals surface area (Å²) in [6.07, 6.45) is 6.92. The van der Waals surface area contributed by atoms with E-state index in [1.165, 1.54) is 48.9 Å². The predicted octanol–water partition coefficient (Wildman–Crippen LogP) is 4.51. The van der Waals surface area contributed by atoms with E-state index < -0.39 is 0 Å². The van der Waals surface area contributed by atoms with E-state index >= 15 is 0 Å². The van der Waals surface area contributed by atoms with Gasteiger partial charge in [-0.05, 0) is 49.4 Å². The average Bonchev–Trinajstić information content (AvgIpc) is 2.47. The number of benzene rings is 1. The molecule has 1 aromatic rings. The molecule has 1 aliphatic carbocycles. The average molecular weight is 288 g/mol. The minimum Gasteiger partial charge on any atom is -0.371 e. The minimum absolute atomic E-state index is 0.711. The van der Waals surface area contributed by atoms with Crippen LogP contribution in [0.25, 0.3) is 0 Å². The molecule has 0 saturated heterocycles. The predicted molar refractivity (Wildman–Crippen MR) is 93.0 cm³/mol. The summed E-state index contributed by atoms with van der Waals surface area (Å²) < 4.78 is 0. The van der Waals surface area contributed by atoms with Crippen molar-refractivity contribution < 1.29 is 0 Å². The van der Waals surface area contributed by atoms with E-state index in [1.54, 1.807) is 0 Å². The number of hydrogen-bond donors (Lipinski definition) is 1. The van der Waals surface area contributed by atoms with Gasteiger partial charge in [-0.3, -0.25) is 0 Å². The quantitative estimate of drug-likeness (QED) is 0.828. The first-order valence-corrected chi connectivity index (χ1v) is 8.61. The third-order valence-corrected chi connectivity index (χ3v) is 4.65. The second-order valence-corrected chi connectivity index (χ2v) is 7.05. The van der Waals surface area contributed by atoms with Gasteiger partial charge in [-0.25, -0.2) is 0 Å². The lowest BCUT2D eigenvalue weighted by atomic mass is 9.93. The van der Waals surface area contributed by atoms with Crippen LogP contribution in [-0.2, 0) is 6.54 Å². The van der Waals surface area contributed by atoms with Crippen LogP contribution in [-0.4, -0.2) is 19.6 Å². The molecule has 2 nitrogen and oxygen atoms in total. The van der Waals surface area contributed by atoms with Crippen LogP contribution in [0.2, 0.25) is 0 Å². The first kappa shape index (κ1) is 16.4. The van der Waals surface area contributed by atoms with Crippen LogP contribution >= 0.6 is 0 Å². The summed E-state index contributed by atoms with van der Waals surface area (Å²) in [6, 6.07) is 7.69. The fraction of sp³-hybridized carbons (Fsp3) is 0.684. The molecule has 0 aliphatic heterocycles. The smallest absolute Gasteiger partial charge is 0.0396 e. The first-order valence-electron chi connectivity index (χ1n) is 8.61. The van der Waals surface area contributed by atoms with E-state index in [4.69, 9.17) is 0 Å². The van der Waals surface area contributed by atoms with Gasteiger partial charge in [0.15, 0.2) is 0 Å². The Bertz CT molecular complexity index is 433. The molecule has 118 valence electrons. The molecule has 2 rings (SSSR count). The highest BCUT2D eigenvalue weighted by Crippen LogP contribution is 2.28. The van der Waals surface area contributed by atoms with Crippen LogP contribution < -0.4 is 10.2 Å². The highest BCUT2D eigenvalue weighted by Gasteiger charge is 2.19. The van der Waals surface area contributed by atoms with E-state index in [9.17, 15) is 0 Å². The van der Waals surface area contributed by atoms with E-state index in [0.29, 0.717) is 5.92 Å². The van der Waals surface area contributed by atoms with Gasteiger partial charge in [-0.2, -0.15) is 0 Å². The van der Waals surface area contributed by atoms with Gasteiger partial charge < -0.3 is 10.2 Å². The molecule has 0 radical (unpaired) electrons. The molecule has 1 saturated carbocycles. The van der Waals surface area contributed by atoms with Gasteiger partial charge in [0.1, 0.15) is 0 Å². The molecule has 0 unspecified atom stereocenters. The lowest BCUT2D eigenvalue weighted by molar-refractivity contribution is 0.427. The summed E-state index contributed by atoms with van der Waals surface area (Å²) in [4.78, 5) is 2.51. The number of hydrogen-bond acceptors (Lipinski definition) is 2. The number of rotatable bonds is 6. The normalized spacial score (nSPS) is 16.4. The van der Waals surface area contributed by atoms with E-state index in [0.717, 1.165) is 19.1 Å². The molecule has 0 heterocycles. The first-order chi connectivity index (χ1) is 10.1. The maximum atomic E-state index is 3.53. The molecule has 0 spiro atoms. The molecule has 2 heteroatoms. The molecule has 0 aromatic heterocycles. The zero-order chi connectivity index (χ0) is 15.2. The standard InChI is InChI=1S/C19H32N2/c1-15(2)13-20-14-17-10-11-19(16(3)12-17)21(4)18-8-6-5-7-9-18/h10-12,15,18,20H,5-9,13-14H2,1-4H3. The molecule has 0 bridgehead atoms. The molecular weight excluding hydrogens is 256 g/mol. The Morgan fingerprint density at radius 2 is 1.90 bits per heavy atom. The van der Waals surface area contributed by atoms with Crippen molar-refractivity contribution in [2.75, 3.05) is 18.5 Å². The van der Waals surface area contributed by atoms with Gasteiger partial charge in [-0.15, -0.1) is 0 Å². The fourth-order valence-electron chi connectivity index (χ4n) is 3.39. The highest BCUT2D eigenvalue weighted by molar-refractivity contribution is 5.54. The minimum atomic E-state index is 0.711. The molecule has 1 aliphatic rings. The summed E-state index contributed by atoms with van der Waals surface area (Å²) in [6.45, 7) is 8.82. The van der Waals surface area contributed by atoms with Gasteiger partial charge in [0.2, 0.25) is 0 Å². The summed E-state index contributed by atoms with van der Waals surface area (Å²) in [7, 11) is 2.27. The van der Waals surface area contributed by atoms with Crippen molar-refractivity contribution in [2.45, 2.75) is 65.5 Å². The monoisotopic (exact) mass is 288 g/mol. The third kappa shape index (κ3) is 4.74. The summed E-state index contributed by atoms with van der Waals surface area (Å²) >= 11 is 0. The van der Waals surface area contributed by atoms with Crippen molar-refractivity contribution in [3.05, 3.63) is 29.3 Å². The maximum Gasteiger partial charge on any atom is 0.0396 e. The lowest BCUT2D eigenvalue weighted by Gasteiger charge is -2.34. The lowest BCUT2D eigenvalue weighted by Crippen LogP contribution is -2.33. The SMILES string of the molecule is Cc1cc(CNCC(C)C)ccc1N(C)C1CCCCC1. The number of aryl methyl sites for hydroxylation is 1. The van der Waals surface area contributed by atoms with Crippen molar-refractivity contribution in [2.24, 2.45) is 5.92 Å². The Morgan fingerprint density at radius 1 is 1.19 bits per heavy atom. The summed E-state index contributed by atoms with van der Waals surface area (Å²) in [5.41, 5.74) is 4.22. The Morgan fingerprint density at radius 3 is 2.52 bits per heavy atom. The zero-order valence-corrected chi connectivity index (χ0v) is 14.3. The van der Waals surface area contributed by atoms with E-state index in [-0.39, 0.29) is 0 Å². The number of nitrogens with zero attached hydrogens (tertiary/aromatic N) is 1. The second-order valence-electron chi connectivity index (χ2n) is 7.05. The number of anilines is 1. The van der Waals surface area contributed by atoms with E-state index in [2.05, 4.69) is 56.2 Å². The van der Waals surface area contributed by atoms with Crippen LogP contribution in [0.15, 0.2) is 18.2 Å². The molecule has 21 heavy (non-hydrogen) atoms. The van der Waals surface area contributed by atoms with Crippen molar-refractivity contribution in [3.63, 3.8) is 0 Å². The van der Waals surface area contributed by atoms with Gasteiger partial charge in [0.05, 0.1) is 0 Å². The molecule has 1 fully saturated rings. The van der Waals surface area contributed by atoms with Crippen LogP contribution in [0.3, 0.4) is 0 Å². The van der Waals surface area contributed by atoms with E-state index in [1.807, 2.05) is 0 Å². The summed E-state index contributed by atoms with van der Waals surface area (Å²) in [5.74, 6) is 0.711. The zero-order valence-electron chi connectivity index (χ0n) is 14.3. The Kier molecular flexibility index (Phi) is 6.10. The molecule has 1 aromatic carbocycles. The molecule has 1 N–H and O–H groups in total. The second kappa shape index (κ2) is 7.84.